The van der Waals surface area contributed by atoms with Crippen LogP contribution in [0.25, 0.3) is 291 Å². The molecule has 28 aromatic rings. The highest BCUT2D eigenvalue weighted by molar-refractivity contribution is 6.82. The summed E-state index contributed by atoms with van der Waals surface area (Å²) in [6, 6.07) is 0. The summed E-state index contributed by atoms with van der Waals surface area (Å²) in [4.78, 5) is 0. The second-order valence-electron chi connectivity index (χ2n) is 29.6. The number of hydrogen-bond donors (Lipinski definition) is 0. The predicted molar refractivity (Wildman–Crippen MR) is 323 cm³/mol. The molecule has 75 heavy (non-hydrogen) atoms. The van der Waals surface area contributed by atoms with Crippen molar-refractivity contribution in [3.8, 4) is 0 Å². The van der Waals surface area contributed by atoms with E-state index in [1.54, 1.807) is 313 Å². The van der Waals surface area contributed by atoms with Gasteiger partial charge in [0.15, 0.2) is 0 Å². The lowest BCUT2D eigenvalue weighted by Gasteiger charge is -2.64. The van der Waals surface area contributed by atoms with Crippen molar-refractivity contribution in [1.82, 2.24) is 0 Å². The van der Waals surface area contributed by atoms with Crippen LogP contribution in [0.2, 0.25) is 19.6 Å². The van der Waals surface area contributed by atoms with Gasteiger partial charge in [0.25, 0.3) is 0 Å². The Morgan fingerprint density at radius 2 is 0.440 bits per heavy atom. The molecule has 1 nitrogen and oxygen atoms in total. The molecular weight excluding hydrogens is 921 g/mol. The van der Waals surface area contributed by atoms with Gasteiger partial charge in [0, 0.05) is 16.7 Å². The molecule has 0 aromatic heterocycles. The summed E-state index contributed by atoms with van der Waals surface area (Å²) in [6.45, 7) is 18.0. The van der Waals surface area contributed by atoms with E-state index < -0.39 is 8.32 Å². The van der Waals surface area contributed by atoms with Gasteiger partial charge in [-0.1, -0.05) is 27.7 Å². The first-order chi connectivity index (χ1) is 36.7. The third-order valence-electron chi connectivity index (χ3n) is 26.9. The van der Waals surface area contributed by atoms with E-state index in [1.165, 1.54) is 5.76 Å². The van der Waals surface area contributed by atoms with E-state index in [2.05, 4.69) is 53.4 Å². The van der Waals surface area contributed by atoms with Crippen LogP contribution < -0.4 is 0 Å². The first kappa shape index (κ1) is 30.6. The Labute approximate surface area is 417 Å². The van der Waals surface area contributed by atoms with Crippen LogP contribution in [0, 0.1) is 23.7 Å². The Hall–Kier alpha value is -7.78. The normalized spacial score (nSPS) is 24.4. The van der Waals surface area contributed by atoms with E-state index in [0.717, 1.165) is 0 Å². The number of benzene rings is 18. The Morgan fingerprint density at radius 1 is 0.267 bits per heavy atom. The first-order valence-electron chi connectivity index (χ1n) is 28.9. The topological polar surface area (TPSA) is 9.23 Å². The monoisotopic (exact) mass is 946 g/mol. The molecule has 0 aliphatic heterocycles. The fourth-order valence-electron chi connectivity index (χ4n) is 27.1. The van der Waals surface area contributed by atoms with Gasteiger partial charge in [-0.2, -0.15) is 0 Å². The summed E-state index contributed by atoms with van der Waals surface area (Å²) in [5, 5.41) is 90.6. The van der Waals surface area contributed by atoms with Crippen molar-refractivity contribution >= 4 is 299 Å². The summed E-state index contributed by atoms with van der Waals surface area (Å²) < 4.78 is 7.98. The molecule has 0 saturated carbocycles. The van der Waals surface area contributed by atoms with Gasteiger partial charge < -0.3 is 4.43 Å². The summed E-state index contributed by atoms with van der Waals surface area (Å²) in [7, 11) is -2.12. The second kappa shape index (κ2) is 6.96. The Kier molecular flexibility index (Phi) is 2.83. The van der Waals surface area contributed by atoms with E-state index in [1.807, 2.05) is 0 Å². The van der Waals surface area contributed by atoms with Gasteiger partial charge in [0.1, 0.15) is 0 Å². The van der Waals surface area contributed by atoms with Gasteiger partial charge in [-0.15, -0.1) is 0 Å². The van der Waals surface area contributed by atoms with Gasteiger partial charge >= 0.3 is 0 Å². The summed E-state index contributed by atoms with van der Waals surface area (Å²) in [5.41, 5.74) is 6.49. The van der Waals surface area contributed by atoms with Crippen LogP contribution in [0.5, 0.6) is 0 Å². The molecule has 328 valence electrons. The van der Waals surface area contributed by atoms with E-state index >= 15 is 0 Å². The molecule has 2 heteroatoms. The fourth-order valence-corrected chi connectivity index (χ4v) is 28.0. The Morgan fingerprint density at radius 3 is 0.600 bits per heavy atom. The highest BCUT2D eigenvalue weighted by Gasteiger charge is 2.76. The molecule has 5 aliphatic carbocycles. The summed E-state index contributed by atoms with van der Waals surface area (Å²) in [6.07, 6.45) is 2.88. The van der Waals surface area contributed by atoms with Crippen molar-refractivity contribution in [2.45, 2.75) is 58.2 Å². The molecule has 2 spiro atoms. The second-order valence-corrected chi connectivity index (χ2v) is 34.1. The van der Waals surface area contributed by atoms with Crippen LogP contribution in [-0.2, 0) is 15.3 Å². The lowest BCUT2D eigenvalue weighted by atomic mass is 9.37. The van der Waals surface area contributed by atoms with Gasteiger partial charge in [-0.3, -0.25) is 0 Å². The highest BCUT2D eigenvalue weighted by atomic mass is 28.4. The summed E-state index contributed by atoms with van der Waals surface area (Å²) in [5.74, 6) is 2.51. The number of rotatable bonds is 4. The van der Waals surface area contributed by atoms with Crippen molar-refractivity contribution in [3.05, 3.63) is 34.1 Å². The van der Waals surface area contributed by atoms with Crippen molar-refractivity contribution in [3.63, 3.8) is 0 Å². The third-order valence-corrected chi connectivity index (χ3v) is 27.7. The fraction of sp³-hybridized carbons (Fsp3) is 0.178. The van der Waals surface area contributed by atoms with Gasteiger partial charge in [-0.05, 0) is 357 Å². The van der Waals surface area contributed by atoms with Crippen LogP contribution >= 0.6 is 0 Å². The van der Waals surface area contributed by atoms with Crippen LogP contribution in [0.4, 0.5) is 0 Å². The zero-order valence-electron chi connectivity index (χ0n) is 41.3. The van der Waals surface area contributed by atoms with Crippen LogP contribution in [-0.4, -0.2) is 8.32 Å². The minimum absolute atomic E-state index is 0.176. The lowest BCUT2D eigenvalue weighted by Crippen LogP contribution is -2.64. The maximum atomic E-state index is 7.98. The number of allylic oxidation sites excluding steroid dienone is 2. The maximum Gasteiger partial charge on any atom is 0.241 e. The van der Waals surface area contributed by atoms with Crippen molar-refractivity contribution in [1.29, 1.82) is 0 Å². The van der Waals surface area contributed by atoms with E-state index in [-0.39, 0.29) is 22.7 Å². The molecule has 0 N–H and O–H groups in total. The molecule has 2 atom stereocenters. The summed E-state index contributed by atoms with van der Waals surface area (Å²) >= 11 is 0. The maximum absolute atomic E-state index is 7.98. The van der Waals surface area contributed by atoms with Gasteiger partial charge in [0.05, 0.1) is 5.76 Å². The first-order valence-corrected chi connectivity index (χ1v) is 32.3. The molecule has 0 radical (unpaired) electrons. The van der Waals surface area contributed by atoms with Gasteiger partial charge in [0.2, 0.25) is 8.32 Å². The van der Waals surface area contributed by atoms with Crippen LogP contribution in [0.1, 0.15) is 49.9 Å². The van der Waals surface area contributed by atoms with Crippen LogP contribution in [0.3, 0.4) is 0 Å². The molecule has 5 aliphatic rings. The average Bonchev–Trinajstić information content (AvgIpc) is 3.00. The zero-order chi connectivity index (χ0) is 46.3. The minimum atomic E-state index is -2.12. The third kappa shape index (κ3) is 1.72. The van der Waals surface area contributed by atoms with Crippen molar-refractivity contribution < 1.29 is 4.43 Å². The SMILES string of the molecule is CC(C)[C@H]1C=C(O[Si](C)(C)C)[C@H](C(C)C)C23c4c5c6c7c8c9c(c%10c%11c2c2c4c4c%12c5c5c6c6c8c8c%13c9c9c%10c%10c%11c%11c2c2c4c4c%12c%12c5c5c6c8c6c8c%13c9c9c%10c%10c%11c2c2c4c4c%12c5c6c5c8c9c%10c2c45)C713. The molecule has 0 saturated heterocycles. The quantitative estimate of drug-likeness (QED) is 0.126. The molecule has 0 amide bonds. The smallest absolute Gasteiger partial charge is 0.241 e. The zero-order valence-corrected chi connectivity index (χ0v) is 42.3. The Bertz CT molecular complexity index is 7210. The molecule has 28 aromatic carbocycles. The molecular formula is C73H26OSi. The standard InChI is InChI=1S/C73H26OSi/c1-9(2)11-8-12(74-75(5,6)7)67(10(3)4)73-70-63-57-47-39-29-21-17-14-13-15-19(21)27-35(29)49(57)55-45-37(27)31-23(15)24-16(13)20-22-18(14)26-25(17)33(39)43-44-34(26)40-30(22)36-28(20)38-32(24)42-41(31)51(45)59-60-52(42)46(38)56-50(36)58-48(40)54(44)66(65(70)53(43)47)71(73)64(58)62(56)69(60)72(11,73)68(59)61(55)63/h8-11,67H,1-7H3/t11-,67+,72?,73?/m1/s1. The van der Waals surface area contributed by atoms with Crippen molar-refractivity contribution in [2.75, 3.05) is 0 Å². The lowest BCUT2D eigenvalue weighted by molar-refractivity contribution is 0.0828. The average molecular weight is 947 g/mol. The highest BCUT2D eigenvalue weighted by Crippen LogP contribution is 2.87. The van der Waals surface area contributed by atoms with E-state index in [9.17, 15) is 0 Å². The van der Waals surface area contributed by atoms with E-state index in [0.29, 0.717) is 11.8 Å². The molecule has 0 unspecified atom stereocenters. The molecule has 0 bridgehead atoms. The molecule has 33 rings (SSSR count). The molecule has 0 fully saturated rings. The molecule has 0 heterocycles. The van der Waals surface area contributed by atoms with E-state index in [4.69, 9.17) is 4.43 Å². The number of hydrogen-bond acceptors (Lipinski definition) is 1. The predicted octanol–water partition coefficient (Wildman–Crippen LogP) is 20.6. The minimum Gasteiger partial charge on any atom is -0.547 e. The Balaban J connectivity index is 1.15. The van der Waals surface area contributed by atoms with Crippen LogP contribution in [0.15, 0.2) is 11.8 Å². The largest absolute Gasteiger partial charge is 0.547 e. The van der Waals surface area contributed by atoms with Crippen molar-refractivity contribution in [2.24, 2.45) is 23.7 Å². The van der Waals surface area contributed by atoms with Gasteiger partial charge in [-0.25, -0.2) is 0 Å².